The molecule has 2 amide bonds. The molecule has 0 spiro atoms. The van der Waals surface area contributed by atoms with E-state index in [0.29, 0.717) is 11.4 Å². The van der Waals surface area contributed by atoms with Crippen LogP contribution in [0, 0.1) is 10.1 Å². The normalized spacial score (nSPS) is 14.4. The highest BCUT2D eigenvalue weighted by atomic mass is 16.6. The molecular weight excluding hydrogens is 400 g/mol. The maximum atomic E-state index is 12.9. The van der Waals surface area contributed by atoms with Gasteiger partial charge >= 0.3 is 0 Å². The van der Waals surface area contributed by atoms with Crippen molar-refractivity contribution in [1.29, 1.82) is 0 Å². The first kappa shape index (κ1) is 22.2. The standard InChI is InChI=1S/C22H26N4O5/c1-31-18-8-6-7-16(13-18)23-22(28)19-14-17(26(29)30)9-10-20(19)24-21(27)15-25-11-4-2-3-5-12-25/h6-10,13-14H,2-5,11-12,15H2,1H3,(H,23,28)(H,24,27). The molecule has 0 bridgehead atoms. The van der Waals surface area contributed by atoms with Crippen molar-refractivity contribution in [2.75, 3.05) is 37.4 Å². The van der Waals surface area contributed by atoms with Crippen molar-refractivity contribution in [3.63, 3.8) is 0 Å². The molecule has 2 aromatic carbocycles. The highest BCUT2D eigenvalue weighted by Crippen LogP contribution is 2.25. The number of rotatable bonds is 7. The lowest BCUT2D eigenvalue weighted by molar-refractivity contribution is -0.384. The van der Waals surface area contributed by atoms with Crippen molar-refractivity contribution < 1.29 is 19.2 Å². The Kier molecular flexibility index (Phi) is 7.55. The van der Waals surface area contributed by atoms with Crippen LogP contribution in [0.1, 0.15) is 36.0 Å². The molecule has 0 aromatic heterocycles. The molecule has 0 unspecified atom stereocenters. The summed E-state index contributed by atoms with van der Waals surface area (Å²) in [5, 5.41) is 16.7. The molecule has 2 N–H and O–H groups in total. The Morgan fingerprint density at radius 2 is 1.81 bits per heavy atom. The molecule has 2 aromatic rings. The third-order valence-corrected chi connectivity index (χ3v) is 5.13. The number of hydrogen-bond donors (Lipinski definition) is 2. The first-order valence-electron chi connectivity index (χ1n) is 10.2. The minimum Gasteiger partial charge on any atom is -0.497 e. The number of nitro groups is 1. The van der Waals surface area contributed by atoms with Crippen molar-refractivity contribution in [3.05, 3.63) is 58.1 Å². The van der Waals surface area contributed by atoms with Crippen LogP contribution in [0.15, 0.2) is 42.5 Å². The maximum absolute atomic E-state index is 12.9. The number of non-ortho nitro benzene ring substituents is 1. The second-order valence-corrected chi connectivity index (χ2v) is 7.41. The molecule has 31 heavy (non-hydrogen) atoms. The summed E-state index contributed by atoms with van der Waals surface area (Å²) in [4.78, 5) is 38.2. The monoisotopic (exact) mass is 426 g/mol. The van der Waals surface area contributed by atoms with Crippen LogP contribution in [0.2, 0.25) is 0 Å². The van der Waals surface area contributed by atoms with E-state index < -0.39 is 10.8 Å². The van der Waals surface area contributed by atoms with Gasteiger partial charge in [-0.2, -0.15) is 0 Å². The molecule has 0 aliphatic carbocycles. The van der Waals surface area contributed by atoms with Crippen molar-refractivity contribution in [3.8, 4) is 5.75 Å². The van der Waals surface area contributed by atoms with Gasteiger partial charge in [0.1, 0.15) is 5.75 Å². The number of anilines is 2. The zero-order valence-corrected chi connectivity index (χ0v) is 17.4. The van der Waals surface area contributed by atoms with Crippen LogP contribution in [0.3, 0.4) is 0 Å². The smallest absolute Gasteiger partial charge is 0.270 e. The minimum atomic E-state index is -0.578. The van der Waals surface area contributed by atoms with Gasteiger partial charge in [-0.25, -0.2) is 0 Å². The summed E-state index contributed by atoms with van der Waals surface area (Å²) in [5.74, 6) is -0.268. The van der Waals surface area contributed by atoms with E-state index in [1.165, 1.54) is 19.2 Å². The number of likely N-dealkylation sites (tertiary alicyclic amines) is 1. The van der Waals surface area contributed by atoms with Gasteiger partial charge in [0, 0.05) is 23.9 Å². The van der Waals surface area contributed by atoms with Crippen LogP contribution in [0.25, 0.3) is 0 Å². The van der Waals surface area contributed by atoms with Gasteiger partial charge in [0.25, 0.3) is 11.6 Å². The SMILES string of the molecule is COc1cccc(NC(=O)c2cc([N+](=O)[O-])ccc2NC(=O)CN2CCCCCC2)c1. The summed E-state index contributed by atoms with van der Waals surface area (Å²) >= 11 is 0. The van der Waals surface area contributed by atoms with Crippen molar-refractivity contribution in [2.45, 2.75) is 25.7 Å². The van der Waals surface area contributed by atoms with E-state index in [0.717, 1.165) is 44.8 Å². The van der Waals surface area contributed by atoms with Crippen molar-refractivity contribution >= 4 is 28.9 Å². The molecule has 9 nitrogen and oxygen atoms in total. The molecule has 9 heteroatoms. The average molecular weight is 426 g/mol. The molecule has 0 radical (unpaired) electrons. The lowest BCUT2D eigenvalue weighted by Gasteiger charge is -2.19. The Labute approximate surface area is 180 Å². The second-order valence-electron chi connectivity index (χ2n) is 7.41. The van der Waals surface area contributed by atoms with Gasteiger partial charge in [0.15, 0.2) is 0 Å². The van der Waals surface area contributed by atoms with E-state index in [-0.39, 0.29) is 29.4 Å². The average Bonchev–Trinajstić information content (AvgIpc) is 3.02. The molecule has 1 saturated heterocycles. The molecule has 0 atom stereocenters. The first-order valence-corrected chi connectivity index (χ1v) is 10.2. The van der Waals surface area contributed by atoms with E-state index in [1.54, 1.807) is 24.3 Å². The van der Waals surface area contributed by atoms with Crippen LogP contribution >= 0.6 is 0 Å². The molecule has 164 valence electrons. The van der Waals surface area contributed by atoms with E-state index in [1.807, 2.05) is 0 Å². The van der Waals surface area contributed by atoms with Crippen molar-refractivity contribution in [2.24, 2.45) is 0 Å². The summed E-state index contributed by atoms with van der Waals surface area (Å²) in [7, 11) is 1.51. The highest BCUT2D eigenvalue weighted by Gasteiger charge is 2.20. The zero-order valence-electron chi connectivity index (χ0n) is 17.4. The van der Waals surface area contributed by atoms with E-state index in [2.05, 4.69) is 15.5 Å². The third kappa shape index (κ3) is 6.26. The number of carbonyl (C=O) groups excluding carboxylic acids is 2. The number of nitro benzene ring substituents is 1. The fourth-order valence-electron chi connectivity index (χ4n) is 3.53. The van der Waals surface area contributed by atoms with Gasteiger partial charge in [-0.1, -0.05) is 18.9 Å². The van der Waals surface area contributed by atoms with Crippen LogP contribution in [0.5, 0.6) is 5.75 Å². The Morgan fingerprint density at radius 3 is 2.48 bits per heavy atom. The fraction of sp³-hybridized carbons (Fsp3) is 0.364. The quantitative estimate of drug-likeness (QED) is 0.516. The Morgan fingerprint density at radius 1 is 1.06 bits per heavy atom. The topological polar surface area (TPSA) is 114 Å². The van der Waals surface area contributed by atoms with E-state index >= 15 is 0 Å². The van der Waals surface area contributed by atoms with E-state index in [9.17, 15) is 19.7 Å². The van der Waals surface area contributed by atoms with Crippen LogP contribution < -0.4 is 15.4 Å². The fourth-order valence-corrected chi connectivity index (χ4v) is 3.53. The van der Waals surface area contributed by atoms with Gasteiger partial charge in [-0.05, 0) is 44.1 Å². The lowest BCUT2D eigenvalue weighted by atomic mass is 10.1. The number of nitrogens with one attached hydrogen (secondary N) is 2. The molecule has 1 fully saturated rings. The largest absolute Gasteiger partial charge is 0.497 e. The number of methoxy groups -OCH3 is 1. The molecule has 1 aliphatic heterocycles. The Balaban J connectivity index is 1.78. The zero-order chi connectivity index (χ0) is 22.2. The third-order valence-electron chi connectivity index (χ3n) is 5.13. The molecule has 3 rings (SSSR count). The number of amides is 2. The predicted molar refractivity (Wildman–Crippen MR) is 118 cm³/mol. The summed E-state index contributed by atoms with van der Waals surface area (Å²) < 4.78 is 5.15. The van der Waals surface area contributed by atoms with Crippen molar-refractivity contribution in [1.82, 2.24) is 4.90 Å². The number of nitrogens with zero attached hydrogens (tertiary/aromatic N) is 2. The van der Waals surface area contributed by atoms with Gasteiger partial charge in [0.2, 0.25) is 5.91 Å². The molecule has 0 saturated carbocycles. The molecule has 1 heterocycles. The first-order chi connectivity index (χ1) is 15.0. The Bertz CT molecular complexity index is 955. The number of carbonyl (C=O) groups is 2. The van der Waals surface area contributed by atoms with Crippen LogP contribution in [0.4, 0.5) is 17.1 Å². The predicted octanol–water partition coefficient (Wildman–Crippen LogP) is 3.67. The van der Waals surface area contributed by atoms with Gasteiger partial charge in [-0.3, -0.25) is 24.6 Å². The Hall–Kier alpha value is -3.46. The van der Waals surface area contributed by atoms with Crippen LogP contribution in [-0.4, -0.2) is 48.4 Å². The summed E-state index contributed by atoms with van der Waals surface area (Å²) in [6.07, 6.45) is 4.43. The number of benzene rings is 2. The van der Waals surface area contributed by atoms with E-state index in [4.69, 9.17) is 4.74 Å². The number of hydrogen-bond acceptors (Lipinski definition) is 6. The minimum absolute atomic E-state index is 0.0150. The molecule has 1 aliphatic rings. The second kappa shape index (κ2) is 10.5. The summed E-state index contributed by atoms with van der Waals surface area (Å²) in [5.41, 5.74) is 0.478. The van der Waals surface area contributed by atoms with Gasteiger partial charge < -0.3 is 15.4 Å². The van der Waals surface area contributed by atoms with Crippen LogP contribution in [-0.2, 0) is 4.79 Å². The number of ether oxygens (including phenoxy) is 1. The van der Waals surface area contributed by atoms with Gasteiger partial charge in [-0.15, -0.1) is 0 Å². The maximum Gasteiger partial charge on any atom is 0.270 e. The highest BCUT2D eigenvalue weighted by molar-refractivity contribution is 6.10. The lowest BCUT2D eigenvalue weighted by Crippen LogP contribution is -2.34. The summed E-state index contributed by atoms with van der Waals surface area (Å²) in [6.45, 7) is 1.93. The molecular formula is C22H26N4O5. The summed E-state index contributed by atoms with van der Waals surface area (Å²) in [6, 6.07) is 10.6. The van der Waals surface area contributed by atoms with Gasteiger partial charge in [0.05, 0.1) is 29.8 Å².